The van der Waals surface area contributed by atoms with Crippen molar-refractivity contribution >= 4 is 21.2 Å². The van der Waals surface area contributed by atoms with Crippen LogP contribution in [0.4, 0.5) is 28.9 Å². The first-order valence-electron chi connectivity index (χ1n) is 6.77. The number of nitrogens with zero attached hydrogens (tertiary/aromatic N) is 2. The van der Waals surface area contributed by atoms with E-state index < -0.39 is 32.3 Å². The van der Waals surface area contributed by atoms with E-state index in [-0.39, 0.29) is 16.3 Å². The summed E-state index contributed by atoms with van der Waals surface area (Å²) in [4.78, 5) is 0.275. The molecule has 1 aliphatic rings. The molecule has 0 amide bonds. The maximum atomic E-state index is 13.6. The van der Waals surface area contributed by atoms with E-state index in [1.54, 1.807) is 6.07 Å². The summed E-state index contributed by atoms with van der Waals surface area (Å²) in [6.45, 7) is 0. The second kappa shape index (κ2) is 5.60. The van der Waals surface area contributed by atoms with E-state index in [9.17, 15) is 26.0 Å². The van der Waals surface area contributed by atoms with Crippen LogP contribution in [0.15, 0.2) is 58.5 Å². The lowest BCUT2D eigenvalue weighted by atomic mass is 10.1. The standard InChI is InChI=1S/C16H8F4N2O2S/c17-11-3-6-15-14(7-11)22(9-13(8-21)25(15,23)24)12-4-1-10(2-5-12)16(18,19)20/h1-7,9H. The first-order chi connectivity index (χ1) is 11.6. The average Bonchev–Trinajstić information content (AvgIpc) is 2.54. The van der Waals surface area contributed by atoms with Gasteiger partial charge in [0.15, 0.2) is 4.91 Å². The third kappa shape index (κ3) is 2.85. The zero-order chi connectivity index (χ0) is 18.4. The maximum Gasteiger partial charge on any atom is 0.416 e. The van der Waals surface area contributed by atoms with E-state index in [2.05, 4.69) is 0 Å². The first kappa shape index (κ1) is 17.0. The monoisotopic (exact) mass is 368 g/mol. The molecule has 0 saturated heterocycles. The Bertz CT molecular complexity index is 1020. The molecule has 0 fully saturated rings. The van der Waals surface area contributed by atoms with Crippen molar-refractivity contribution in [1.29, 1.82) is 5.26 Å². The quantitative estimate of drug-likeness (QED) is 0.561. The molecule has 0 radical (unpaired) electrons. The Labute approximate surface area is 140 Å². The van der Waals surface area contributed by atoms with E-state index in [1.807, 2.05) is 0 Å². The molecule has 128 valence electrons. The van der Waals surface area contributed by atoms with E-state index >= 15 is 0 Å². The van der Waals surface area contributed by atoms with Gasteiger partial charge in [-0.3, -0.25) is 0 Å². The van der Waals surface area contributed by atoms with Gasteiger partial charge in [-0.15, -0.1) is 0 Å². The van der Waals surface area contributed by atoms with Crippen molar-refractivity contribution < 1.29 is 26.0 Å². The molecular weight excluding hydrogens is 360 g/mol. The number of allylic oxidation sites excluding steroid dienone is 1. The van der Waals surface area contributed by atoms with Gasteiger partial charge in [0, 0.05) is 11.9 Å². The Balaban J connectivity index is 2.19. The molecular formula is C16H8F4N2O2S. The van der Waals surface area contributed by atoms with Crippen molar-refractivity contribution in [1.82, 2.24) is 0 Å². The summed E-state index contributed by atoms with van der Waals surface area (Å²) in [6.07, 6.45) is -3.57. The first-order valence-corrected chi connectivity index (χ1v) is 8.26. The van der Waals surface area contributed by atoms with E-state index in [4.69, 9.17) is 5.26 Å². The molecule has 0 atom stereocenters. The Morgan fingerprint density at radius 3 is 2.24 bits per heavy atom. The molecule has 2 aromatic rings. The minimum Gasteiger partial charge on any atom is -0.314 e. The number of anilines is 2. The minimum atomic E-state index is -4.53. The van der Waals surface area contributed by atoms with Crippen molar-refractivity contribution in [3.63, 3.8) is 0 Å². The topological polar surface area (TPSA) is 61.2 Å². The molecule has 9 heteroatoms. The summed E-state index contributed by atoms with van der Waals surface area (Å²) in [5.74, 6) is -0.723. The van der Waals surface area contributed by atoms with Crippen LogP contribution in [0.25, 0.3) is 0 Å². The molecule has 1 aliphatic heterocycles. The van der Waals surface area contributed by atoms with Crippen LogP contribution in [-0.4, -0.2) is 8.42 Å². The summed E-state index contributed by atoms with van der Waals surface area (Å²) < 4.78 is 76.2. The highest BCUT2D eigenvalue weighted by atomic mass is 32.2. The number of rotatable bonds is 1. The molecule has 0 saturated carbocycles. The minimum absolute atomic E-state index is 0.0845. The second-order valence-electron chi connectivity index (χ2n) is 5.14. The third-order valence-electron chi connectivity index (χ3n) is 3.59. The van der Waals surface area contributed by atoms with Gasteiger partial charge in [-0.1, -0.05) is 0 Å². The number of benzene rings is 2. The van der Waals surface area contributed by atoms with Gasteiger partial charge >= 0.3 is 6.18 Å². The number of hydrogen-bond donors (Lipinski definition) is 0. The molecule has 25 heavy (non-hydrogen) atoms. The lowest BCUT2D eigenvalue weighted by molar-refractivity contribution is -0.137. The Hall–Kier alpha value is -2.86. The Kier molecular flexibility index (Phi) is 3.80. The van der Waals surface area contributed by atoms with Gasteiger partial charge in [0.2, 0.25) is 9.84 Å². The zero-order valence-corrected chi connectivity index (χ0v) is 13.1. The zero-order valence-electron chi connectivity index (χ0n) is 12.2. The van der Waals surface area contributed by atoms with Gasteiger partial charge in [-0.05, 0) is 42.5 Å². The fraction of sp³-hybridized carbons (Fsp3) is 0.0625. The lowest BCUT2D eigenvalue weighted by Crippen LogP contribution is -2.21. The third-order valence-corrected chi connectivity index (χ3v) is 5.29. The van der Waals surface area contributed by atoms with Crippen LogP contribution < -0.4 is 4.90 Å². The van der Waals surface area contributed by atoms with Gasteiger partial charge in [0.1, 0.15) is 11.9 Å². The van der Waals surface area contributed by atoms with Crippen LogP contribution in [0.2, 0.25) is 0 Å². The van der Waals surface area contributed by atoms with E-state index in [1.165, 1.54) is 0 Å². The van der Waals surface area contributed by atoms with Crippen molar-refractivity contribution in [2.45, 2.75) is 11.1 Å². The van der Waals surface area contributed by atoms with Gasteiger partial charge in [0.05, 0.1) is 16.1 Å². The highest BCUT2D eigenvalue weighted by Crippen LogP contribution is 2.40. The number of sulfone groups is 1. The molecule has 0 N–H and O–H groups in total. The number of nitriles is 1. The predicted octanol–water partition coefficient (Wildman–Crippen LogP) is 4.13. The lowest BCUT2D eigenvalue weighted by Gasteiger charge is -2.27. The molecule has 1 heterocycles. The molecule has 3 rings (SSSR count). The summed E-state index contributed by atoms with van der Waals surface area (Å²) in [6, 6.07) is 8.29. The molecule has 4 nitrogen and oxygen atoms in total. The molecule has 0 unspecified atom stereocenters. The second-order valence-corrected chi connectivity index (χ2v) is 7.02. The highest BCUT2D eigenvalue weighted by Gasteiger charge is 2.33. The van der Waals surface area contributed by atoms with Crippen molar-refractivity contribution in [3.8, 4) is 6.07 Å². The Morgan fingerprint density at radius 2 is 1.68 bits per heavy atom. The number of alkyl halides is 3. The van der Waals surface area contributed by atoms with Crippen LogP contribution in [0, 0.1) is 17.1 Å². The number of halogens is 4. The Morgan fingerprint density at radius 1 is 1.04 bits per heavy atom. The molecule has 0 spiro atoms. The smallest absolute Gasteiger partial charge is 0.314 e. The summed E-state index contributed by atoms with van der Waals surface area (Å²) in [7, 11) is -4.11. The van der Waals surface area contributed by atoms with Crippen LogP contribution in [-0.2, 0) is 16.0 Å². The van der Waals surface area contributed by atoms with Crippen LogP contribution in [0.1, 0.15) is 5.56 Å². The van der Waals surface area contributed by atoms with Gasteiger partial charge in [0.25, 0.3) is 0 Å². The van der Waals surface area contributed by atoms with Crippen molar-refractivity contribution in [2.75, 3.05) is 4.90 Å². The van der Waals surface area contributed by atoms with Crippen LogP contribution in [0.3, 0.4) is 0 Å². The molecule has 0 aromatic heterocycles. The molecule has 2 aromatic carbocycles. The summed E-state index contributed by atoms with van der Waals surface area (Å²) in [5, 5.41) is 9.08. The number of hydrogen-bond acceptors (Lipinski definition) is 4. The van der Waals surface area contributed by atoms with Gasteiger partial charge in [-0.25, -0.2) is 12.8 Å². The fourth-order valence-electron chi connectivity index (χ4n) is 2.39. The molecule has 0 aliphatic carbocycles. The summed E-state index contributed by atoms with van der Waals surface area (Å²) in [5.41, 5.74) is -0.814. The maximum absolute atomic E-state index is 13.6. The van der Waals surface area contributed by atoms with Crippen molar-refractivity contribution in [2.24, 2.45) is 0 Å². The van der Waals surface area contributed by atoms with Crippen LogP contribution >= 0.6 is 0 Å². The van der Waals surface area contributed by atoms with Gasteiger partial charge < -0.3 is 4.90 Å². The van der Waals surface area contributed by atoms with Gasteiger partial charge in [-0.2, -0.15) is 18.4 Å². The normalized spacial score (nSPS) is 16.0. The van der Waals surface area contributed by atoms with Crippen LogP contribution in [0.5, 0.6) is 0 Å². The largest absolute Gasteiger partial charge is 0.416 e. The SMILES string of the molecule is N#CC1=CN(c2ccc(C(F)(F)F)cc2)c2cc(F)ccc2S1(=O)=O. The average molecular weight is 368 g/mol. The van der Waals surface area contributed by atoms with E-state index in [0.717, 1.165) is 53.6 Å². The number of fused-ring (bicyclic) bond motifs is 1. The fourth-order valence-corrected chi connectivity index (χ4v) is 3.68. The predicted molar refractivity (Wildman–Crippen MR) is 80.9 cm³/mol. The molecule has 0 bridgehead atoms. The van der Waals surface area contributed by atoms with E-state index in [0.29, 0.717) is 0 Å². The van der Waals surface area contributed by atoms with Crippen molar-refractivity contribution in [3.05, 3.63) is 65.0 Å². The summed E-state index contributed by atoms with van der Waals surface area (Å²) >= 11 is 0. The highest BCUT2D eigenvalue weighted by molar-refractivity contribution is 7.95.